The number of carbonyl (C=O) groups is 1. The zero-order chi connectivity index (χ0) is 12.3. The van der Waals surface area contributed by atoms with E-state index >= 15 is 0 Å². The van der Waals surface area contributed by atoms with E-state index in [1.807, 2.05) is 0 Å². The number of ether oxygens (including phenoxy) is 1. The van der Waals surface area contributed by atoms with E-state index in [9.17, 15) is 4.79 Å². The fourth-order valence-electron chi connectivity index (χ4n) is 1.24. The minimum Gasteiger partial charge on any atom is -0.461 e. The van der Waals surface area contributed by atoms with Gasteiger partial charge < -0.3 is 9.15 Å². The van der Waals surface area contributed by atoms with E-state index in [1.165, 1.54) is 6.26 Å². The summed E-state index contributed by atoms with van der Waals surface area (Å²) < 4.78 is 9.96. The van der Waals surface area contributed by atoms with Gasteiger partial charge in [-0.2, -0.15) is 0 Å². The molecule has 2 heterocycles. The third-order valence-electron chi connectivity index (χ3n) is 1.98. The highest BCUT2D eigenvalue weighted by Crippen LogP contribution is 2.24. The first-order valence-electron chi connectivity index (χ1n) is 4.96. The van der Waals surface area contributed by atoms with E-state index in [1.54, 1.807) is 25.3 Å². The van der Waals surface area contributed by atoms with E-state index in [0.717, 1.165) is 0 Å². The van der Waals surface area contributed by atoms with Gasteiger partial charge in [-0.25, -0.2) is 14.8 Å². The molecule has 0 saturated carbocycles. The molecule has 2 aromatic heterocycles. The summed E-state index contributed by atoms with van der Waals surface area (Å²) in [6, 6.07) is 3.41. The van der Waals surface area contributed by atoms with Crippen molar-refractivity contribution in [2.75, 3.05) is 6.61 Å². The summed E-state index contributed by atoms with van der Waals surface area (Å²) in [5.74, 6) is -0.284. The fraction of sp³-hybridized carbons (Fsp3) is 0.182. The molecule has 88 valence electrons. The Morgan fingerprint density at radius 1 is 1.59 bits per heavy atom. The van der Waals surface area contributed by atoms with Crippen LogP contribution in [0.3, 0.4) is 0 Å². The Kier molecular flexibility index (Phi) is 3.39. The maximum Gasteiger partial charge on any atom is 0.360 e. The molecule has 0 radical (unpaired) electrons. The molecule has 0 aliphatic rings. The molecule has 17 heavy (non-hydrogen) atoms. The van der Waals surface area contributed by atoms with Gasteiger partial charge >= 0.3 is 5.97 Å². The number of esters is 1. The Bertz CT molecular complexity index is 539. The number of oxazole rings is 1. The summed E-state index contributed by atoms with van der Waals surface area (Å²) in [7, 11) is 0. The van der Waals surface area contributed by atoms with E-state index in [0.29, 0.717) is 5.56 Å². The largest absolute Gasteiger partial charge is 0.461 e. The number of carbonyl (C=O) groups excluding carboxylic acids is 1. The van der Waals surface area contributed by atoms with Crippen LogP contribution in [-0.4, -0.2) is 22.5 Å². The molecule has 5 nitrogen and oxygen atoms in total. The lowest BCUT2D eigenvalue weighted by atomic mass is 10.3. The summed E-state index contributed by atoms with van der Waals surface area (Å²) in [6.45, 7) is 2.01. The molecular formula is C11H9ClN2O3. The normalized spacial score (nSPS) is 10.2. The molecule has 0 amide bonds. The van der Waals surface area contributed by atoms with Crippen LogP contribution in [0.1, 0.15) is 17.4 Å². The summed E-state index contributed by atoms with van der Waals surface area (Å²) in [4.78, 5) is 19.3. The van der Waals surface area contributed by atoms with Crippen LogP contribution < -0.4 is 0 Å². The monoisotopic (exact) mass is 252 g/mol. The van der Waals surface area contributed by atoms with E-state index in [2.05, 4.69) is 9.97 Å². The average Bonchev–Trinajstić information content (AvgIpc) is 2.79. The number of pyridine rings is 1. The van der Waals surface area contributed by atoms with Crippen molar-refractivity contribution in [3.63, 3.8) is 0 Å². The number of nitrogens with zero attached hydrogens (tertiary/aromatic N) is 2. The predicted octanol–water partition coefficient (Wildman–Crippen LogP) is 2.57. The Morgan fingerprint density at radius 3 is 3.12 bits per heavy atom. The number of rotatable bonds is 3. The first-order chi connectivity index (χ1) is 8.22. The molecule has 0 fully saturated rings. The highest BCUT2D eigenvalue weighted by Gasteiger charge is 2.16. The molecule has 0 N–H and O–H groups in total. The van der Waals surface area contributed by atoms with Crippen LogP contribution in [0.25, 0.3) is 11.5 Å². The molecule has 0 bridgehead atoms. The van der Waals surface area contributed by atoms with Gasteiger partial charge in [0.25, 0.3) is 0 Å². The van der Waals surface area contributed by atoms with E-state index < -0.39 is 5.97 Å². The van der Waals surface area contributed by atoms with Crippen LogP contribution in [-0.2, 0) is 4.74 Å². The summed E-state index contributed by atoms with van der Waals surface area (Å²) in [5.41, 5.74) is 0.645. The first-order valence-corrected chi connectivity index (χ1v) is 5.33. The van der Waals surface area contributed by atoms with Crippen molar-refractivity contribution < 1.29 is 13.9 Å². The zero-order valence-corrected chi connectivity index (χ0v) is 9.77. The number of halogens is 1. The van der Waals surface area contributed by atoms with Gasteiger partial charge in [0, 0.05) is 6.20 Å². The zero-order valence-electron chi connectivity index (χ0n) is 9.01. The Morgan fingerprint density at radius 2 is 2.41 bits per heavy atom. The summed E-state index contributed by atoms with van der Waals surface area (Å²) >= 11 is 5.88. The third-order valence-corrected chi connectivity index (χ3v) is 2.28. The van der Waals surface area contributed by atoms with Crippen LogP contribution in [0.15, 0.2) is 29.0 Å². The number of hydrogen-bond acceptors (Lipinski definition) is 5. The predicted molar refractivity (Wildman–Crippen MR) is 60.7 cm³/mol. The van der Waals surface area contributed by atoms with Crippen molar-refractivity contribution in [1.82, 2.24) is 9.97 Å². The van der Waals surface area contributed by atoms with Gasteiger partial charge in [-0.3, -0.25) is 0 Å². The van der Waals surface area contributed by atoms with E-state index in [4.69, 9.17) is 20.8 Å². The number of hydrogen-bond donors (Lipinski definition) is 0. The smallest absolute Gasteiger partial charge is 0.360 e. The van der Waals surface area contributed by atoms with Crippen molar-refractivity contribution >= 4 is 17.6 Å². The SMILES string of the molecule is CCOC(=O)c1coc(-c2cccnc2Cl)n1. The highest BCUT2D eigenvalue weighted by molar-refractivity contribution is 6.31. The van der Waals surface area contributed by atoms with Crippen LogP contribution >= 0.6 is 11.6 Å². The lowest BCUT2D eigenvalue weighted by Crippen LogP contribution is -2.04. The summed E-state index contributed by atoms with van der Waals surface area (Å²) in [5, 5.41) is 0.268. The van der Waals surface area contributed by atoms with E-state index in [-0.39, 0.29) is 23.3 Å². The molecule has 2 rings (SSSR count). The lowest BCUT2D eigenvalue weighted by Gasteiger charge is -1.97. The van der Waals surface area contributed by atoms with Crippen molar-refractivity contribution in [2.45, 2.75) is 6.92 Å². The first kappa shape index (κ1) is 11.6. The van der Waals surface area contributed by atoms with Crippen LogP contribution in [0.5, 0.6) is 0 Å². The van der Waals surface area contributed by atoms with Gasteiger partial charge in [-0.15, -0.1) is 0 Å². The van der Waals surface area contributed by atoms with Gasteiger partial charge in [0.1, 0.15) is 11.4 Å². The maximum atomic E-state index is 11.4. The number of aromatic nitrogens is 2. The maximum absolute atomic E-state index is 11.4. The van der Waals surface area contributed by atoms with Gasteiger partial charge in [0.15, 0.2) is 5.69 Å². The van der Waals surface area contributed by atoms with Crippen molar-refractivity contribution in [1.29, 1.82) is 0 Å². The molecule has 0 spiro atoms. The molecule has 2 aromatic rings. The van der Waals surface area contributed by atoms with Crippen molar-refractivity contribution in [3.05, 3.63) is 35.4 Å². The van der Waals surface area contributed by atoms with Gasteiger partial charge in [-0.05, 0) is 19.1 Å². The highest BCUT2D eigenvalue weighted by atomic mass is 35.5. The van der Waals surface area contributed by atoms with Crippen LogP contribution in [0.4, 0.5) is 0 Å². The molecule has 0 aliphatic heterocycles. The second kappa shape index (κ2) is 4.97. The molecule has 6 heteroatoms. The molecule has 0 aromatic carbocycles. The molecular weight excluding hydrogens is 244 g/mol. The quantitative estimate of drug-likeness (QED) is 0.620. The van der Waals surface area contributed by atoms with Crippen molar-refractivity contribution in [3.8, 4) is 11.5 Å². The molecule has 0 unspecified atom stereocenters. The second-order valence-electron chi connectivity index (χ2n) is 3.10. The Labute approximate surface area is 102 Å². The topological polar surface area (TPSA) is 65.2 Å². The Hall–Kier alpha value is -1.88. The van der Waals surface area contributed by atoms with Gasteiger partial charge in [0.05, 0.1) is 12.2 Å². The standard InChI is InChI=1S/C11H9ClN2O3/c1-2-16-11(15)8-6-17-10(14-8)7-4-3-5-13-9(7)12/h3-6H,2H2,1H3. The minimum atomic E-state index is -0.525. The third kappa shape index (κ3) is 2.45. The summed E-state index contributed by atoms with van der Waals surface area (Å²) in [6.07, 6.45) is 2.79. The van der Waals surface area contributed by atoms with Crippen LogP contribution in [0.2, 0.25) is 5.15 Å². The average molecular weight is 253 g/mol. The second-order valence-corrected chi connectivity index (χ2v) is 3.46. The van der Waals surface area contributed by atoms with Crippen molar-refractivity contribution in [2.24, 2.45) is 0 Å². The minimum absolute atomic E-state index is 0.113. The molecule has 0 atom stereocenters. The molecule has 0 saturated heterocycles. The lowest BCUT2D eigenvalue weighted by molar-refractivity contribution is 0.0519. The van der Waals surface area contributed by atoms with Gasteiger partial charge in [0.2, 0.25) is 5.89 Å². The van der Waals surface area contributed by atoms with Crippen LogP contribution in [0, 0.1) is 0 Å². The fourth-order valence-corrected chi connectivity index (χ4v) is 1.44. The van der Waals surface area contributed by atoms with Gasteiger partial charge in [-0.1, -0.05) is 11.6 Å². The molecule has 0 aliphatic carbocycles. The Balaban J connectivity index is 2.30.